The Bertz CT molecular complexity index is 1050. The van der Waals surface area contributed by atoms with Gasteiger partial charge in [0.25, 0.3) is 5.92 Å². The van der Waals surface area contributed by atoms with Gasteiger partial charge in [0.2, 0.25) is 5.91 Å². The Morgan fingerprint density at radius 1 is 0.971 bits per heavy atom. The van der Waals surface area contributed by atoms with Crippen LogP contribution in [0.15, 0.2) is 48.5 Å². The van der Waals surface area contributed by atoms with Crippen molar-refractivity contribution in [3.8, 4) is 11.1 Å². The first-order chi connectivity index (χ1) is 16.3. The minimum atomic E-state index is -3.25. The van der Waals surface area contributed by atoms with Crippen LogP contribution in [0.25, 0.3) is 11.1 Å². The number of rotatable bonds is 10. The second-order valence-corrected chi connectivity index (χ2v) is 8.20. The summed E-state index contributed by atoms with van der Waals surface area (Å²) in [5.74, 6) is -8.35. The van der Waals surface area contributed by atoms with Crippen LogP contribution in [0.4, 0.5) is 13.6 Å². The molecule has 1 saturated carbocycles. The molecule has 2 aromatic rings. The fourth-order valence-corrected chi connectivity index (χ4v) is 4.36. The third-order valence-electron chi connectivity index (χ3n) is 6.07. The maximum atomic E-state index is 14.0. The normalized spacial score (nSPS) is 19.6. The monoisotopic (exact) mass is 474 g/mol. The molecule has 34 heavy (non-hydrogen) atoms. The van der Waals surface area contributed by atoms with Gasteiger partial charge in [0, 0.05) is 19.0 Å². The number of benzene rings is 2. The van der Waals surface area contributed by atoms with Gasteiger partial charge in [0.05, 0.1) is 12.5 Å². The van der Waals surface area contributed by atoms with E-state index >= 15 is 0 Å². The first-order valence-electron chi connectivity index (χ1n) is 10.8. The molecule has 2 atom stereocenters. The number of alkyl halides is 2. The van der Waals surface area contributed by atoms with Crippen LogP contribution in [0.1, 0.15) is 17.0 Å². The van der Waals surface area contributed by atoms with Crippen LogP contribution in [-0.4, -0.2) is 61.9 Å². The van der Waals surface area contributed by atoms with E-state index < -0.39 is 48.9 Å². The van der Waals surface area contributed by atoms with Crippen molar-refractivity contribution in [2.75, 3.05) is 32.9 Å². The summed E-state index contributed by atoms with van der Waals surface area (Å²) in [5.41, 5.74) is 4.22. The van der Waals surface area contributed by atoms with E-state index in [9.17, 15) is 23.2 Å². The van der Waals surface area contributed by atoms with E-state index in [4.69, 9.17) is 14.6 Å². The number of amides is 2. The molecule has 2 aliphatic carbocycles. The standard InChI is InChI=1S/C24H24F2N2O6/c25-24(26)19(21(24)22(31)27-9-10-33-13-20(29)30)11-28-23(32)34-12-18-16-7-3-1-5-14(16)15-6-2-4-8-17(15)18/h1-8,18-19,21H,9-13H2,(H,27,31)(H,28,32)(H,29,30)/t19-,21-/m0/s1. The largest absolute Gasteiger partial charge is 0.480 e. The van der Waals surface area contributed by atoms with Crippen LogP contribution in [0.2, 0.25) is 0 Å². The second-order valence-electron chi connectivity index (χ2n) is 8.20. The summed E-state index contributed by atoms with van der Waals surface area (Å²) in [6.07, 6.45) is -0.828. The van der Waals surface area contributed by atoms with E-state index in [2.05, 4.69) is 10.6 Å². The van der Waals surface area contributed by atoms with Crippen molar-refractivity contribution in [3.63, 3.8) is 0 Å². The first kappa shape index (κ1) is 23.6. The summed E-state index contributed by atoms with van der Waals surface area (Å²) < 4.78 is 38.2. The first-order valence-corrected chi connectivity index (χ1v) is 10.8. The Morgan fingerprint density at radius 2 is 1.59 bits per heavy atom. The lowest BCUT2D eigenvalue weighted by molar-refractivity contribution is -0.142. The molecular formula is C24H24F2N2O6. The van der Waals surface area contributed by atoms with Gasteiger partial charge in [-0.05, 0) is 22.3 Å². The average Bonchev–Trinajstić information content (AvgIpc) is 3.22. The average molecular weight is 474 g/mol. The minimum absolute atomic E-state index is 0.0567. The zero-order valence-electron chi connectivity index (χ0n) is 18.1. The summed E-state index contributed by atoms with van der Waals surface area (Å²) in [6, 6.07) is 15.7. The Balaban J connectivity index is 1.24. The number of carbonyl (C=O) groups is 3. The molecular weight excluding hydrogens is 450 g/mol. The van der Waals surface area contributed by atoms with Gasteiger partial charge in [0.1, 0.15) is 19.1 Å². The Kier molecular flexibility index (Phi) is 6.78. The van der Waals surface area contributed by atoms with Crippen LogP contribution < -0.4 is 10.6 Å². The number of halogens is 2. The van der Waals surface area contributed by atoms with Crippen LogP contribution >= 0.6 is 0 Å². The molecule has 0 unspecified atom stereocenters. The molecule has 4 rings (SSSR count). The lowest BCUT2D eigenvalue weighted by Gasteiger charge is -2.14. The fourth-order valence-electron chi connectivity index (χ4n) is 4.36. The van der Waals surface area contributed by atoms with Crippen molar-refractivity contribution in [3.05, 3.63) is 59.7 Å². The molecule has 0 radical (unpaired) electrons. The Morgan fingerprint density at radius 3 is 2.21 bits per heavy atom. The zero-order chi connectivity index (χ0) is 24.3. The lowest BCUT2D eigenvalue weighted by Crippen LogP contribution is -2.32. The number of carbonyl (C=O) groups excluding carboxylic acids is 2. The van der Waals surface area contributed by atoms with E-state index in [1.54, 1.807) is 0 Å². The highest BCUT2D eigenvalue weighted by atomic mass is 19.3. The number of ether oxygens (including phenoxy) is 2. The summed E-state index contributed by atoms with van der Waals surface area (Å²) >= 11 is 0. The number of carboxylic acids is 1. The third kappa shape index (κ3) is 4.86. The Hall–Kier alpha value is -3.53. The van der Waals surface area contributed by atoms with Gasteiger partial charge in [-0.2, -0.15) is 0 Å². The van der Waals surface area contributed by atoms with E-state index in [0.717, 1.165) is 22.3 Å². The van der Waals surface area contributed by atoms with Crippen LogP contribution in [0, 0.1) is 11.8 Å². The maximum Gasteiger partial charge on any atom is 0.407 e. The quantitative estimate of drug-likeness (QED) is 0.456. The zero-order valence-corrected chi connectivity index (χ0v) is 18.1. The summed E-state index contributed by atoms with van der Waals surface area (Å²) in [4.78, 5) is 34.5. The number of alkyl carbamates (subject to hydrolysis) is 1. The highest BCUT2D eigenvalue weighted by molar-refractivity contribution is 5.84. The molecule has 3 N–H and O–H groups in total. The van der Waals surface area contributed by atoms with Gasteiger partial charge >= 0.3 is 12.1 Å². The van der Waals surface area contributed by atoms with Crippen LogP contribution in [0.3, 0.4) is 0 Å². The van der Waals surface area contributed by atoms with Gasteiger partial charge in [-0.25, -0.2) is 18.4 Å². The Labute approximate surface area is 194 Å². The molecule has 2 amide bonds. The number of hydrogen-bond donors (Lipinski definition) is 3. The molecule has 2 aromatic carbocycles. The molecule has 0 bridgehead atoms. The number of fused-ring (bicyclic) bond motifs is 3. The molecule has 0 spiro atoms. The highest BCUT2D eigenvalue weighted by Crippen LogP contribution is 2.55. The van der Waals surface area contributed by atoms with Gasteiger partial charge in [-0.15, -0.1) is 0 Å². The number of aliphatic carboxylic acids is 1. The van der Waals surface area contributed by atoms with Crippen molar-refractivity contribution in [1.29, 1.82) is 0 Å². The SMILES string of the molecule is O=C(O)COCCNC(=O)[C@@H]1[C@H](CNC(=O)OCC2c3ccccc3-c3ccccc32)C1(F)F. The van der Waals surface area contributed by atoms with Gasteiger partial charge in [-0.3, -0.25) is 4.79 Å². The lowest BCUT2D eigenvalue weighted by atomic mass is 9.98. The van der Waals surface area contributed by atoms with Crippen molar-refractivity contribution in [2.45, 2.75) is 11.8 Å². The maximum absolute atomic E-state index is 14.0. The van der Waals surface area contributed by atoms with E-state index in [1.165, 1.54) is 0 Å². The van der Waals surface area contributed by atoms with Crippen LogP contribution in [0.5, 0.6) is 0 Å². The number of nitrogens with one attached hydrogen (secondary N) is 2. The molecule has 10 heteroatoms. The summed E-state index contributed by atoms with van der Waals surface area (Å²) in [6.45, 7) is -1.09. The topological polar surface area (TPSA) is 114 Å². The van der Waals surface area contributed by atoms with E-state index in [0.29, 0.717) is 0 Å². The fraction of sp³-hybridized carbons (Fsp3) is 0.375. The molecule has 0 saturated heterocycles. The molecule has 8 nitrogen and oxygen atoms in total. The van der Waals surface area contributed by atoms with Gasteiger partial charge in [-0.1, -0.05) is 48.5 Å². The molecule has 0 aromatic heterocycles. The number of hydrogen-bond acceptors (Lipinski definition) is 5. The van der Waals surface area contributed by atoms with Gasteiger partial charge in [0.15, 0.2) is 0 Å². The predicted molar refractivity (Wildman–Crippen MR) is 116 cm³/mol. The van der Waals surface area contributed by atoms with Crippen molar-refractivity contribution < 1.29 is 37.7 Å². The molecule has 0 heterocycles. The minimum Gasteiger partial charge on any atom is -0.480 e. The van der Waals surface area contributed by atoms with Crippen molar-refractivity contribution in [1.82, 2.24) is 10.6 Å². The summed E-state index contributed by atoms with van der Waals surface area (Å²) in [7, 11) is 0. The molecule has 180 valence electrons. The smallest absolute Gasteiger partial charge is 0.407 e. The molecule has 0 aliphatic heterocycles. The third-order valence-corrected chi connectivity index (χ3v) is 6.07. The molecule has 2 aliphatic rings. The predicted octanol–water partition coefficient (Wildman–Crippen LogP) is 2.62. The second kappa shape index (κ2) is 9.76. The van der Waals surface area contributed by atoms with Gasteiger partial charge < -0.3 is 25.2 Å². The van der Waals surface area contributed by atoms with Crippen molar-refractivity contribution in [2.24, 2.45) is 11.8 Å². The van der Waals surface area contributed by atoms with Crippen molar-refractivity contribution >= 4 is 18.0 Å². The van der Waals surface area contributed by atoms with Crippen LogP contribution in [-0.2, 0) is 19.1 Å². The highest BCUT2D eigenvalue weighted by Gasteiger charge is 2.71. The molecule has 1 fully saturated rings. The number of carboxylic acid groups (broad SMARTS) is 1. The van der Waals surface area contributed by atoms with E-state index in [-0.39, 0.29) is 25.7 Å². The summed E-state index contributed by atoms with van der Waals surface area (Å²) in [5, 5.41) is 13.1. The van der Waals surface area contributed by atoms with E-state index in [1.807, 2.05) is 48.5 Å².